The van der Waals surface area contributed by atoms with Gasteiger partial charge in [-0.25, -0.2) is 0 Å². The maximum Gasteiger partial charge on any atom is 0.229 e. The van der Waals surface area contributed by atoms with E-state index in [2.05, 4.69) is 0 Å². The summed E-state index contributed by atoms with van der Waals surface area (Å²) in [5, 5.41) is 0. The molecular formula is C12H15NO3. The van der Waals surface area contributed by atoms with E-state index in [0.717, 1.165) is 11.4 Å². The van der Waals surface area contributed by atoms with Crippen molar-refractivity contribution in [1.82, 2.24) is 0 Å². The largest absolute Gasteiger partial charge is 0.497 e. The minimum Gasteiger partial charge on any atom is -0.497 e. The van der Waals surface area contributed by atoms with Crippen molar-refractivity contribution in [3.8, 4) is 11.5 Å². The van der Waals surface area contributed by atoms with E-state index in [9.17, 15) is 4.79 Å². The molecule has 0 aliphatic carbocycles. The van der Waals surface area contributed by atoms with Crippen LogP contribution >= 0.6 is 0 Å². The van der Waals surface area contributed by atoms with Gasteiger partial charge in [-0.1, -0.05) is 0 Å². The van der Waals surface area contributed by atoms with Crippen LogP contribution in [0, 0.1) is 0 Å². The third-order valence-corrected chi connectivity index (χ3v) is 2.83. The van der Waals surface area contributed by atoms with Gasteiger partial charge in [-0.05, 0) is 19.1 Å². The van der Waals surface area contributed by atoms with Crippen molar-refractivity contribution >= 4 is 11.6 Å². The molecule has 0 bridgehead atoms. The number of amides is 1. The maximum absolute atomic E-state index is 11.5. The van der Waals surface area contributed by atoms with Gasteiger partial charge in [0.05, 0.1) is 19.9 Å². The number of carbonyl (C=O) groups excluding carboxylic acids is 1. The Morgan fingerprint density at radius 2 is 2.06 bits per heavy atom. The average Bonchev–Trinajstić information content (AvgIpc) is 2.29. The fraction of sp³-hybridized carbons (Fsp3) is 0.417. The summed E-state index contributed by atoms with van der Waals surface area (Å²) in [6.45, 7) is 2.02. The highest BCUT2D eigenvalue weighted by Gasteiger charge is 2.35. The number of β-lactam (4-membered cyclic amide) rings is 1. The molecule has 1 aromatic rings. The molecule has 1 atom stereocenters. The van der Waals surface area contributed by atoms with Crippen molar-refractivity contribution in [2.24, 2.45) is 0 Å². The number of ether oxygens (including phenoxy) is 2. The summed E-state index contributed by atoms with van der Waals surface area (Å²) in [5.74, 6) is 1.52. The van der Waals surface area contributed by atoms with Crippen molar-refractivity contribution in [2.75, 3.05) is 19.1 Å². The van der Waals surface area contributed by atoms with E-state index in [1.54, 1.807) is 25.2 Å². The topological polar surface area (TPSA) is 38.8 Å². The molecule has 1 heterocycles. The van der Waals surface area contributed by atoms with Crippen LogP contribution in [0.2, 0.25) is 0 Å². The van der Waals surface area contributed by atoms with Crippen LogP contribution in [0.5, 0.6) is 11.5 Å². The smallest absolute Gasteiger partial charge is 0.229 e. The van der Waals surface area contributed by atoms with Gasteiger partial charge in [0.15, 0.2) is 0 Å². The molecule has 1 amide bonds. The van der Waals surface area contributed by atoms with Crippen molar-refractivity contribution in [3.05, 3.63) is 18.2 Å². The lowest BCUT2D eigenvalue weighted by molar-refractivity contribution is -0.123. The predicted molar refractivity (Wildman–Crippen MR) is 61.1 cm³/mol. The summed E-state index contributed by atoms with van der Waals surface area (Å²) in [7, 11) is 3.19. The van der Waals surface area contributed by atoms with E-state index < -0.39 is 0 Å². The average molecular weight is 221 g/mol. The molecule has 1 aromatic carbocycles. The van der Waals surface area contributed by atoms with Crippen molar-refractivity contribution in [2.45, 2.75) is 19.4 Å². The lowest BCUT2D eigenvalue weighted by Gasteiger charge is -2.38. The first kappa shape index (κ1) is 10.8. The maximum atomic E-state index is 11.5. The zero-order valence-electron chi connectivity index (χ0n) is 9.69. The van der Waals surface area contributed by atoms with Gasteiger partial charge in [-0.2, -0.15) is 0 Å². The number of benzene rings is 1. The molecule has 2 rings (SSSR count). The molecule has 0 radical (unpaired) electrons. The van der Waals surface area contributed by atoms with Crippen LogP contribution in [0.15, 0.2) is 18.2 Å². The normalized spacial score (nSPS) is 19.3. The van der Waals surface area contributed by atoms with Crippen LogP contribution in [0.1, 0.15) is 13.3 Å². The molecule has 1 aliphatic heterocycles. The van der Waals surface area contributed by atoms with Crippen molar-refractivity contribution in [1.29, 1.82) is 0 Å². The fourth-order valence-electron chi connectivity index (χ4n) is 1.93. The Balaban J connectivity index is 2.36. The molecule has 0 spiro atoms. The van der Waals surface area contributed by atoms with Crippen LogP contribution in [0.25, 0.3) is 0 Å². The predicted octanol–water partition coefficient (Wildman–Crippen LogP) is 1.83. The Labute approximate surface area is 94.8 Å². The standard InChI is InChI=1S/C12H15NO3/c1-8-6-12(14)13(8)10-5-4-9(15-2)7-11(10)16-3/h4-5,7-8H,6H2,1-3H3. The minimum absolute atomic E-state index is 0.135. The lowest BCUT2D eigenvalue weighted by Crippen LogP contribution is -2.51. The van der Waals surface area contributed by atoms with Gasteiger partial charge < -0.3 is 14.4 Å². The molecule has 86 valence electrons. The molecule has 0 N–H and O–H groups in total. The van der Waals surface area contributed by atoms with Gasteiger partial charge >= 0.3 is 0 Å². The minimum atomic E-state index is 0.135. The summed E-state index contributed by atoms with van der Waals surface area (Å²) in [4.78, 5) is 13.3. The second-order valence-corrected chi connectivity index (χ2v) is 3.85. The van der Waals surface area contributed by atoms with E-state index >= 15 is 0 Å². The number of rotatable bonds is 3. The van der Waals surface area contributed by atoms with Crippen molar-refractivity contribution in [3.63, 3.8) is 0 Å². The number of hydrogen-bond acceptors (Lipinski definition) is 3. The van der Waals surface area contributed by atoms with Gasteiger partial charge in [0.1, 0.15) is 11.5 Å². The second-order valence-electron chi connectivity index (χ2n) is 3.85. The zero-order chi connectivity index (χ0) is 11.7. The van der Waals surface area contributed by atoms with Crippen LogP contribution in [-0.4, -0.2) is 26.2 Å². The van der Waals surface area contributed by atoms with Gasteiger partial charge in [0, 0.05) is 18.5 Å². The first-order chi connectivity index (χ1) is 7.67. The third-order valence-electron chi connectivity index (χ3n) is 2.83. The lowest BCUT2D eigenvalue weighted by atomic mass is 10.0. The second kappa shape index (κ2) is 4.04. The summed E-state index contributed by atoms with van der Waals surface area (Å²) in [6, 6.07) is 5.71. The Bertz CT molecular complexity index is 417. The molecular weight excluding hydrogens is 206 g/mol. The Hall–Kier alpha value is -1.71. The van der Waals surface area contributed by atoms with Crippen LogP contribution < -0.4 is 14.4 Å². The highest BCUT2D eigenvalue weighted by molar-refractivity contribution is 6.01. The van der Waals surface area contributed by atoms with E-state index in [0.29, 0.717) is 12.2 Å². The molecule has 0 saturated carbocycles. The molecule has 1 fully saturated rings. The zero-order valence-corrected chi connectivity index (χ0v) is 9.69. The first-order valence-corrected chi connectivity index (χ1v) is 5.21. The number of carbonyl (C=O) groups is 1. The number of anilines is 1. The summed E-state index contributed by atoms with van der Waals surface area (Å²) >= 11 is 0. The van der Waals surface area contributed by atoms with E-state index in [-0.39, 0.29) is 11.9 Å². The van der Waals surface area contributed by atoms with Gasteiger partial charge in [-0.15, -0.1) is 0 Å². The Morgan fingerprint density at radius 3 is 2.56 bits per heavy atom. The van der Waals surface area contributed by atoms with Gasteiger partial charge in [-0.3, -0.25) is 4.79 Å². The highest BCUT2D eigenvalue weighted by atomic mass is 16.5. The molecule has 1 aliphatic rings. The van der Waals surface area contributed by atoms with Crippen LogP contribution in [-0.2, 0) is 4.79 Å². The van der Waals surface area contributed by atoms with Gasteiger partial charge in [0.2, 0.25) is 5.91 Å². The van der Waals surface area contributed by atoms with E-state index in [4.69, 9.17) is 9.47 Å². The molecule has 16 heavy (non-hydrogen) atoms. The summed E-state index contributed by atoms with van der Waals surface area (Å²) in [5.41, 5.74) is 0.812. The monoisotopic (exact) mass is 221 g/mol. The Morgan fingerprint density at radius 1 is 1.31 bits per heavy atom. The number of hydrogen-bond donors (Lipinski definition) is 0. The first-order valence-electron chi connectivity index (χ1n) is 5.21. The van der Waals surface area contributed by atoms with Crippen LogP contribution in [0.4, 0.5) is 5.69 Å². The molecule has 4 heteroatoms. The summed E-state index contributed by atoms with van der Waals surface area (Å²) in [6.07, 6.45) is 0.606. The number of methoxy groups -OCH3 is 2. The molecule has 1 unspecified atom stereocenters. The quantitative estimate of drug-likeness (QED) is 0.731. The molecule has 4 nitrogen and oxygen atoms in total. The Kier molecular flexibility index (Phi) is 2.73. The van der Waals surface area contributed by atoms with Crippen molar-refractivity contribution < 1.29 is 14.3 Å². The third kappa shape index (κ3) is 1.60. The van der Waals surface area contributed by atoms with E-state index in [1.165, 1.54) is 0 Å². The van der Waals surface area contributed by atoms with Crippen LogP contribution in [0.3, 0.4) is 0 Å². The molecule has 1 saturated heterocycles. The number of nitrogens with zero attached hydrogens (tertiary/aromatic N) is 1. The van der Waals surface area contributed by atoms with Gasteiger partial charge in [0.25, 0.3) is 0 Å². The SMILES string of the molecule is COc1ccc(N2C(=O)CC2C)c(OC)c1. The summed E-state index contributed by atoms with van der Waals surface area (Å²) < 4.78 is 10.4. The molecule has 0 aromatic heterocycles. The highest BCUT2D eigenvalue weighted by Crippen LogP contribution is 2.37. The fourth-order valence-corrected chi connectivity index (χ4v) is 1.93. The van der Waals surface area contributed by atoms with E-state index in [1.807, 2.05) is 19.1 Å².